The van der Waals surface area contributed by atoms with E-state index in [1.807, 2.05) is 51.1 Å². The first-order valence-electron chi connectivity index (χ1n) is 11.5. The van der Waals surface area contributed by atoms with Gasteiger partial charge in [-0.15, -0.1) is 0 Å². The molecular formula is C26H33NO4S. The topological polar surface area (TPSA) is 72.5 Å². The van der Waals surface area contributed by atoms with Crippen LogP contribution in [0, 0.1) is 5.92 Å². The Morgan fingerprint density at radius 1 is 1.12 bits per heavy atom. The van der Waals surface area contributed by atoms with Gasteiger partial charge in [0.25, 0.3) is 0 Å². The van der Waals surface area contributed by atoms with Gasteiger partial charge < -0.3 is 10.1 Å². The summed E-state index contributed by atoms with van der Waals surface area (Å²) in [6.45, 7) is 8.20. The van der Waals surface area contributed by atoms with E-state index in [9.17, 15) is 13.2 Å². The molecule has 0 aromatic heterocycles. The molecule has 0 saturated heterocycles. The Morgan fingerprint density at radius 2 is 1.84 bits per heavy atom. The molecule has 2 aromatic carbocycles. The molecule has 172 valence electrons. The summed E-state index contributed by atoms with van der Waals surface area (Å²) in [7, 11) is -3.57. The smallest absolute Gasteiger partial charge is 0.407 e. The molecule has 0 heterocycles. The summed E-state index contributed by atoms with van der Waals surface area (Å²) in [5, 5.41) is 2.87. The van der Waals surface area contributed by atoms with Crippen molar-refractivity contribution in [1.29, 1.82) is 0 Å². The fourth-order valence-corrected chi connectivity index (χ4v) is 5.99. The Morgan fingerprint density at radius 3 is 2.53 bits per heavy atom. The van der Waals surface area contributed by atoms with Crippen molar-refractivity contribution >= 4 is 15.9 Å². The molecule has 2 aliphatic rings. The lowest BCUT2D eigenvalue weighted by Gasteiger charge is -2.27. The molecular weight excluding hydrogens is 422 g/mol. The monoisotopic (exact) mass is 455 g/mol. The van der Waals surface area contributed by atoms with E-state index in [1.165, 1.54) is 0 Å². The van der Waals surface area contributed by atoms with Gasteiger partial charge in [-0.3, -0.25) is 0 Å². The van der Waals surface area contributed by atoms with Gasteiger partial charge in [-0.1, -0.05) is 25.1 Å². The number of carbonyl (C=O) groups is 1. The Hall–Kier alpha value is -2.34. The van der Waals surface area contributed by atoms with E-state index in [0.29, 0.717) is 28.2 Å². The van der Waals surface area contributed by atoms with Gasteiger partial charge in [0, 0.05) is 12.5 Å². The highest BCUT2D eigenvalue weighted by Crippen LogP contribution is 2.47. The van der Waals surface area contributed by atoms with Crippen LogP contribution in [0.2, 0.25) is 0 Å². The Kier molecular flexibility index (Phi) is 6.10. The summed E-state index contributed by atoms with van der Waals surface area (Å²) < 4.78 is 32.0. The third kappa shape index (κ3) is 5.01. The lowest BCUT2D eigenvalue weighted by atomic mass is 9.83. The molecule has 2 aliphatic carbocycles. The van der Waals surface area contributed by atoms with E-state index in [2.05, 4.69) is 12.2 Å². The van der Waals surface area contributed by atoms with E-state index >= 15 is 0 Å². The number of fused-ring (bicyclic) bond motifs is 1. The second-order valence-corrected chi connectivity index (χ2v) is 12.2. The highest BCUT2D eigenvalue weighted by Gasteiger charge is 2.34. The van der Waals surface area contributed by atoms with Crippen LogP contribution in [-0.2, 0) is 21.0 Å². The van der Waals surface area contributed by atoms with Gasteiger partial charge in [-0.25, -0.2) is 13.2 Å². The van der Waals surface area contributed by atoms with Crippen molar-refractivity contribution in [3.05, 3.63) is 59.2 Å². The first kappa shape index (κ1) is 22.8. The highest BCUT2D eigenvalue weighted by molar-refractivity contribution is 7.91. The molecule has 0 spiro atoms. The largest absolute Gasteiger partial charge is 0.444 e. The second-order valence-electron chi connectivity index (χ2n) is 10.2. The van der Waals surface area contributed by atoms with Crippen molar-refractivity contribution in [2.24, 2.45) is 5.92 Å². The number of carbonyl (C=O) groups excluding carboxylic acids is 1. The first-order chi connectivity index (χ1) is 15.0. The summed E-state index contributed by atoms with van der Waals surface area (Å²) in [6.07, 6.45) is 3.47. The number of rotatable bonds is 5. The van der Waals surface area contributed by atoms with Gasteiger partial charge in [-0.2, -0.15) is 0 Å². The molecule has 1 unspecified atom stereocenters. The van der Waals surface area contributed by atoms with Gasteiger partial charge in [0.1, 0.15) is 5.60 Å². The number of ether oxygens (including phenoxy) is 1. The molecule has 2 aromatic rings. The first-order valence-corrected chi connectivity index (χ1v) is 13.0. The minimum Gasteiger partial charge on any atom is -0.444 e. The number of benzene rings is 2. The summed E-state index contributed by atoms with van der Waals surface area (Å²) in [4.78, 5) is 12.8. The summed E-state index contributed by atoms with van der Waals surface area (Å²) in [5.74, 6) is 1.26. The number of alkyl carbamates (subject to hydrolysis) is 1. The van der Waals surface area contributed by atoms with Crippen LogP contribution in [0.5, 0.6) is 0 Å². The molecule has 5 nitrogen and oxygen atoms in total. The molecule has 6 heteroatoms. The Bertz CT molecular complexity index is 1120. The molecule has 0 radical (unpaired) electrons. The van der Waals surface area contributed by atoms with Crippen molar-refractivity contribution in [3.63, 3.8) is 0 Å². The Labute approximate surface area is 191 Å². The van der Waals surface area contributed by atoms with Gasteiger partial charge in [0.15, 0.2) is 0 Å². The van der Waals surface area contributed by atoms with Crippen LogP contribution in [0.15, 0.2) is 52.3 Å². The second kappa shape index (κ2) is 8.54. The van der Waals surface area contributed by atoms with Crippen LogP contribution in [0.1, 0.15) is 75.5 Å². The van der Waals surface area contributed by atoms with Crippen LogP contribution in [0.4, 0.5) is 4.79 Å². The molecule has 1 fully saturated rings. The molecule has 1 N–H and O–H groups in total. The zero-order valence-electron chi connectivity index (χ0n) is 19.4. The quantitative estimate of drug-likeness (QED) is 0.638. The average Bonchev–Trinajstić information content (AvgIpc) is 3.47. The third-order valence-corrected chi connectivity index (χ3v) is 8.21. The maximum Gasteiger partial charge on any atom is 0.407 e. The fourth-order valence-electron chi connectivity index (χ4n) is 4.63. The van der Waals surface area contributed by atoms with E-state index in [-0.39, 0.29) is 5.92 Å². The summed E-state index contributed by atoms with van der Waals surface area (Å²) in [6, 6.07) is 12.9. The van der Waals surface area contributed by atoms with Crippen LogP contribution in [-0.4, -0.2) is 26.7 Å². The van der Waals surface area contributed by atoms with E-state index < -0.39 is 21.5 Å². The van der Waals surface area contributed by atoms with Crippen LogP contribution in [0.25, 0.3) is 0 Å². The number of hydrogen-bond acceptors (Lipinski definition) is 4. The van der Waals surface area contributed by atoms with Crippen molar-refractivity contribution < 1.29 is 17.9 Å². The average molecular weight is 456 g/mol. The maximum atomic E-state index is 13.4. The number of sulfone groups is 1. The molecule has 1 saturated carbocycles. The molecule has 0 aliphatic heterocycles. The molecule has 32 heavy (non-hydrogen) atoms. The van der Waals surface area contributed by atoms with Crippen molar-refractivity contribution in [1.82, 2.24) is 5.32 Å². The summed E-state index contributed by atoms with van der Waals surface area (Å²) >= 11 is 0. The molecule has 3 atom stereocenters. The zero-order valence-corrected chi connectivity index (χ0v) is 20.2. The maximum absolute atomic E-state index is 13.4. The number of aryl methyl sites for hydroxylation is 1. The third-order valence-electron chi connectivity index (χ3n) is 6.46. The standard InChI is InChI=1S/C26H33NO4S/c1-17-13-24(17)19-8-6-10-21(15-19)32(29,30)22-11-12-23-18(14-22)7-5-9-20(23)16-27-25(28)31-26(2,3)4/h6,8,10-12,14-15,17,20,24H,5,7,9,13,16H2,1-4H3,(H,27,28)/t17?,20-,24-/m0/s1. The lowest BCUT2D eigenvalue weighted by Crippen LogP contribution is -2.35. The van der Waals surface area contributed by atoms with Crippen LogP contribution < -0.4 is 5.32 Å². The molecule has 0 bridgehead atoms. The van der Waals surface area contributed by atoms with Gasteiger partial charge in [0.2, 0.25) is 9.84 Å². The van der Waals surface area contributed by atoms with Crippen molar-refractivity contribution in [3.8, 4) is 0 Å². The van der Waals surface area contributed by atoms with Crippen molar-refractivity contribution in [2.75, 3.05) is 6.54 Å². The van der Waals surface area contributed by atoms with Gasteiger partial charge in [0.05, 0.1) is 9.79 Å². The van der Waals surface area contributed by atoms with Gasteiger partial charge >= 0.3 is 6.09 Å². The van der Waals surface area contributed by atoms with Crippen LogP contribution in [0.3, 0.4) is 0 Å². The minimum atomic E-state index is -3.57. The van der Waals surface area contributed by atoms with Crippen molar-refractivity contribution in [2.45, 2.75) is 80.6 Å². The zero-order chi connectivity index (χ0) is 23.1. The SMILES string of the molecule is CC1C[C@@H]1c1cccc(S(=O)(=O)c2ccc3c(c2)CCC[C@H]3CNC(=O)OC(C)(C)C)c1. The molecule has 4 rings (SSSR count). The number of hydrogen-bond donors (Lipinski definition) is 1. The van der Waals surface area contributed by atoms with E-state index in [0.717, 1.165) is 42.4 Å². The number of nitrogens with one attached hydrogen (secondary N) is 1. The fraction of sp³-hybridized carbons (Fsp3) is 0.500. The summed E-state index contributed by atoms with van der Waals surface area (Å²) in [5.41, 5.74) is 2.75. The predicted octanol–water partition coefficient (Wildman–Crippen LogP) is 5.59. The minimum absolute atomic E-state index is 0.155. The highest BCUT2D eigenvalue weighted by atomic mass is 32.2. The lowest BCUT2D eigenvalue weighted by molar-refractivity contribution is 0.0523. The van der Waals surface area contributed by atoms with E-state index in [4.69, 9.17) is 4.74 Å². The van der Waals surface area contributed by atoms with E-state index in [1.54, 1.807) is 12.1 Å². The Balaban J connectivity index is 1.53. The molecule has 1 amide bonds. The van der Waals surface area contributed by atoms with Crippen LogP contribution >= 0.6 is 0 Å². The normalized spacial score (nSPS) is 22.7. The predicted molar refractivity (Wildman–Crippen MR) is 125 cm³/mol. The van der Waals surface area contributed by atoms with Gasteiger partial charge in [-0.05, 0) is 99.2 Å². The number of amides is 1.